The molecule has 1 saturated heterocycles. The van der Waals surface area contributed by atoms with Crippen LogP contribution in [0.15, 0.2) is 54.6 Å². The van der Waals surface area contributed by atoms with Crippen molar-refractivity contribution < 1.29 is 14.4 Å². The van der Waals surface area contributed by atoms with Crippen molar-refractivity contribution in [2.24, 2.45) is 0 Å². The molecule has 26 heavy (non-hydrogen) atoms. The summed E-state index contributed by atoms with van der Waals surface area (Å²) >= 11 is 0. The fourth-order valence-electron chi connectivity index (χ4n) is 3.75. The molecule has 0 unspecified atom stereocenters. The number of likely N-dealkylation sites (tertiary alicyclic amines) is 1. The average molecular weight is 353 g/mol. The highest BCUT2D eigenvalue weighted by Crippen LogP contribution is 2.16. The molecular weight excluding hydrogens is 324 g/mol. The normalized spacial score (nSPS) is 16.0. The molecular formula is C22H29N2O2+. The molecule has 4 nitrogen and oxygen atoms in total. The van der Waals surface area contributed by atoms with Crippen LogP contribution in [-0.4, -0.2) is 32.7 Å². The summed E-state index contributed by atoms with van der Waals surface area (Å²) < 4.78 is 5.28. The highest BCUT2D eigenvalue weighted by atomic mass is 16.5. The Labute approximate surface area is 156 Å². The van der Waals surface area contributed by atoms with Gasteiger partial charge in [0.25, 0.3) is 0 Å². The van der Waals surface area contributed by atoms with Crippen molar-refractivity contribution in [1.29, 1.82) is 0 Å². The van der Waals surface area contributed by atoms with Crippen molar-refractivity contribution in [3.05, 3.63) is 65.7 Å². The summed E-state index contributed by atoms with van der Waals surface area (Å²) in [4.78, 5) is 14.0. The van der Waals surface area contributed by atoms with Crippen molar-refractivity contribution in [2.75, 3.05) is 26.7 Å². The Kier molecular flexibility index (Phi) is 6.67. The lowest BCUT2D eigenvalue weighted by atomic mass is 10.0. The first kappa shape index (κ1) is 18.5. The monoisotopic (exact) mass is 353 g/mol. The number of hydrogen-bond acceptors (Lipinski definition) is 2. The van der Waals surface area contributed by atoms with E-state index in [0.29, 0.717) is 19.0 Å². The number of ether oxygens (including phenoxy) is 1. The maximum atomic E-state index is 12.4. The Morgan fingerprint density at radius 3 is 2.38 bits per heavy atom. The minimum atomic E-state index is 0.0890. The Hall–Kier alpha value is -2.33. The van der Waals surface area contributed by atoms with Gasteiger partial charge in [-0.3, -0.25) is 4.79 Å². The minimum absolute atomic E-state index is 0.0890. The van der Waals surface area contributed by atoms with Crippen molar-refractivity contribution in [1.82, 2.24) is 5.32 Å². The molecule has 2 N–H and O–H groups in total. The second-order valence-corrected chi connectivity index (χ2v) is 7.01. The summed E-state index contributed by atoms with van der Waals surface area (Å²) in [7, 11) is 1.69. The van der Waals surface area contributed by atoms with Gasteiger partial charge in [-0.2, -0.15) is 0 Å². The number of benzene rings is 2. The highest BCUT2D eigenvalue weighted by molar-refractivity contribution is 5.78. The standard InChI is InChI=1S/C22H28N2O2/c1-26-20-12-10-19(11-13-20)21(24-14-6-3-7-15-24)17-23-22(25)16-18-8-4-2-5-9-18/h2,4-5,8-13,21H,3,6-7,14-17H2,1H3,(H,23,25)/p+1/t21-/m1/s1. The van der Waals surface area contributed by atoms with Crippen LogP contribution in [0.3, 0.4) is 0 Å². The number of rotatable bonds is 7. The second-order valence-electron chi connectivity index (χ2n) is 7.01. The number of carbonyl (C=O) groups is 1. The Bertz CT molecular complexity index is 679. The SMILES string of the molecule is COc1ccc([C@@H](CNC(=O)Cc2ccccc2)[NH+]2CCCCC2)cc1. The summed E-state index contributed by atoms with van der Waals surface area (Å²) in [6.07, 6.45) is 4.28. The lowest BCUT2D eigenvalue weighted by Crippen LogP contribution is -3.13. The topological polar surface area (TPSA) is 42.8 Å². The number of piperidine rings is 1. The van der Waals surface area contributed by atoms with Crippen LogP contribution in [0.2, 0.25) is 0 Å². The Balaban J connectivity index is 1.65. The van der Waals surface area contributed by atoms with E-state index in [1.165, 1.54) is 37.9 Å². The van der Waals surface area contributed by atoms with E-state index >= 15 is 0 Å². The van der Waals surface area contributed by atoms with Crippen LogP contribution in [0.1, 0.15) is 36.4 Å². The summed E-state index contributed by atoms with van der Waals surface area (Å²) in [5, 5.41) is 3.16. The van der Waals surface area contributed by atoms with Gasteiger partial charge < -0.3 is 15.0 Å². The van der Waals surface area contributed by atoms with Crippen LogP contribution >= 0.6 is 0 Å². The molecule has 0 saturated carbocycles. The quantitative estimate of drug-likeness (QED) is 0.801. The molecule has 1 aliphatic rings. The number of amides is 1. The molecule has 0 spiro atoms. The van der Waals surface area contributed by atoms with E-state index in [1.807, 2.05) is 42.5 Å². The Morgan fingerprint density at radius 1 is 1.04 bits per heavy atom. The molecule has 1 aliphatic heterocycles. The lowest BCUT2D eigenvalue weighted by Gasteiger charge is -2.32. The number of quaternary nitrogens is 1. The summed E-state index contributed by atoms with van der Waals surface area (Å²) in [5.74, 6) is 0.959. The van der Waals surface area contributed by atoms with Crippen molar-refractivity contribution in [2.45, 2.75) is 31.7 Å². The summed E-state index contributed by atoms with van der Waals surface area (Å²) in [5.41, 5.74) is 2.32. The van der Waals surface area contributed by atoms with Crippen LogP contribution < -0.4 is 15.0 Å². The number of nitrogens with one attached hydrogen (secondary N) is 2. The first-order valence-corrected chi connectivity index (χ1v) is 9.55. The fourth-order valence-corrected chi connectivity index (χ4v) is 3.75. The van der Waals surface area contributed by atoms with Gasteiger partial charge in [-0.25, -0.2) is 0 Å². The third-order valence-electron chi connectivity index (χ3n) is 5.22. The van der Waals surface area contributed by atoms with Gasteiger partial charge in [-0.05, 0) is 49.1 Å². The summed E-state index contributed by atoms with van der Waals surface area (Å²) in [6.45, 7) is 3.02. The fraction of sp³-hybridized carbons (Fsp3) is 0.409. The number of hydrogen-bond donors (Lipinski definition) is 2. The zero-order valence-corrected chi connectivity index (χ0v) is 15.5. The Morgan fingerprint density at radius 2 is 1.73 bits per heavy atom. The second kappa shape index (κ2) is 9.39. The van der Waals surface area contributed by atoms with E-state index in [2.05, 4.69) is 17.4 Å². The van der Waals surface area contributed by atoms with Crippen molar-refractivity contribution in [3.63, 3.8) is 0 Å². The first-order valence-electron chi connectivity index (χ1n) is 9.55. The maximum Gasteiger partial charge on any atom is 0.224 e. The van der Waals surface area contributed by atoms with Gasteiger partial charge in [0.2, 0.25) is 5.91 Å². The molecule has 2 aromatic carbocycles. The molecule has 1 amide bonds. The van der Waals surface area contributed by atoms with E-state index in [9.17, 15) is 4.79 Å². The molecule has 3 rings (SSSR count). The molecule has 2 aromatic rings. The van der Waals surface area contributed by atoms with Gasteiger partial charge in [0.1, 0.15) is 11.8 Å². The van der Waals surface area contributed by atoms with Crippen molar-refractivity contribution >= 4 is 5.91 Å². The van der Waals surface area contributed by atoms with Crippen LogP contribution in [0.5, 0.6) is 5.75 Å². The predicted molar refractivity (Wildman–Crippen MR) is 103 cm³/mol. The molecule has 1 fully saturated rings. The largest absolute Gasteiger partial charge is 0.497 e. The third-order valence-corrected chi connectivity index (χ3v) is 5.22. The van der Waals surface area contributed by atoms with Gasteiger partial charge in [0, 0.05) is 5.56 Å². The van der Waals surface area contributed by atoms with Crippen LogP contribution in [0.25, 0.3) is 0 Å². The molecule has 0 aromatic heterocycles. The summed E-state index contributed by atoms with van der Waals surface area (Å²) in [6, 6.07) is 18.5. The van der Waals surface area contributed by atoms with Crippen LogP contribution in [-0.2, 0) is 11.2 Å². The van der Waals surface area contributed by atoms with E-state index < -0.39 is 0 Å². The van der Waals surface area contributed by atoms with Gasteiger partial charge in [0.15, 0.2) is 0 Å². The van der Waals surface area contributed by atoms with E-state index in [-0.39, 0.29) is 5.91 Å². The van der Waals surface area contributed by atoms with Crippen LogP contribution in [0.4, 0.5) is 0 Å². The maximum absolute atomic E-state index is 12.4. The first-order chi connectivity index (χ1) is 12.8. The van der Waals surface area contributed by atoms with Gasteiger partial charge in [0.05, 0.1) is 33.2 Å². The number of methoxy groups -OCH3 is 1. The van der Waals surface area contributed by atoms with Crippen molar-refractivity contribution in [3.8, 4) is 5.75 Å². The average Bonchev–Trinajstić information content (AvgIpc) is 2.70. The molecule has 4 heteroatoms. The predicted octanol–water partition coefficient (Wildman–Crippen LogP) is 2.16. The van der Waals surface area contributed by atoms with E-state index in [0.717, 1.165) is 11.3 Å². The molecule has 1 atom stereocenters. The molecule has 138 valence electrons. The van der Waals surface area contributed by atoms with Crippen LogP contribution in [0, 0.1) is 0 Å². The molecule has 0 aliphatic carbocycles. The number of carbonyl (C=O) groups excluding carboxylic acids is 1. The zero-order valence-electron chi connectivity index (χ0n) is 15.5. The highest BCUT2D eigenvalue weighted by Gasteiger charge is 2.26. The molecule has 0 bridgehead atoms. The third kappa shape index (κ3) is 5.09. The van der Waals surface area contributed by atoms with Gasteiger partial charge in [-0.15, -0.1) is 0 Å². The smallest absolute Gasteiger partial charge is 0.224 e. The van der Waals surface area contributed by atoms with Gasteiger partial charge in [-0.1, -0.05) is 30.3 Å². The lowest BCUT2D eigenvalue weighted by molar-refractivity contribution is -0.935. The molecule has 0 radical (unpaired) electrons. The minimum Gasteiger partial charge on any atom is -0.497 e. The van der Waals surface area contributed by atoms with Gasteiger partial charge >= 0.3 is 0 Å². The molecule has 1 heterocycles. The van der Waals surface area contributed by atoms with E-state index in [4.69, 9.17) is 4.74 Å². The zero-order chi connectivity index (χ0) is 18.2. The van der Waals surface area contributed by atoms with E-state index in [1.54, 1.807) is 12.0 Å².